The lowest BCUT2D eigenvalue weighted by atomic mass is 10.0. The third-order valence-electron chi connectivity index (χ3n) is 3.06. The van der Waals surface area contributed by atoms with Gasteiger partial charge in [0.2, 0.25) is 0 Å². The van der Waals surface area contributed by atoms with Gasteiger partial charge >= 0.3 is 0 Å². The average molecular weight is 308 g/mol. The summed E-state index contributed by atoms with van der Waals surface area (Å²) in [5.41, 5.74) is 6.23. The van der Waals surface area contributed by atoms with Crippen LogP contribution in [0.2, 0.25) is 0 Å². The SMILES string of the molecule is CC(C)(NCc1cc(F)cc(/C(N)=N/O)c1)c1nccs1. The molecule has 21 heavy (non-hydrogen) atoms. The van der Waals surface area contributed by atoms with Crippen LogP contribution < -0.4 is 11.1 Å². The first-order valence-electron chi connectivity index (χ1n) is 6.35. The Morgan fingerprint density at radius 1 is 1.48 bits per heavy atom. The average Bonchev–Trinajstić information content (AvgIpc) is 2.99. The van der Waals surface area contributed by atoms with Crippen molar-refractivity contribution >= 4 is 17.2 Å². The molecule has 2 rings (SSSR count). The summed E-state index contributed by atoms with van der Waals surface area (Å²) in [7, 11) is 0. The maximum absolute atomic E-state index is 13.6. The van der Waals surface area contributed by atoms with Gasteiger partial charge in [-0.1, -0.05) is 5.16 Å². The second kappa shape index (κ2) is 6.19. The smallest absolute Gasteiger partial charge is 0.170 e. The first-order valence-corrected chi connectivity index (χ1v) is 7.23. The van der Waals surface area contributed by atoms with E-state index in [9.17, 15) is 4.39 Å². The van der Waals surface area contributed by atoms with E-state index in [2.05, 4.69) is 15.5 Å². The molecule has 5 nitrogen and oxygen atoms in total. The van der Waals surface area contributed by atoms with Crippen LogP contribution in [0.4, 0.5) is 4.39 Å². The Morgan fingerprint density at radius 2 is 2.24 bits per heavy atom. The Morgan fingerprint density at radius 3 is 2.86 bits per heavy atom. The topological polar surface area (TPSA) is 83.5 Å². The van der Waals surface area contributed by atoms with Gasteiger partial charge < -0.3 is 16.3 Å². The number of nitrogens with one attached hydrogen (secondary N) is 1. The van der Waals surface area contributed by atoms with Crippen LogP contribution in [0.3, 0.4) is 0 Å². The monoisotopic (exact) mass is 308 g/mol. The summed E-state index contributed by atoms with van der Waals surface area (Å²) in [4.78, 5) is 4.29. The Hall–Kier alpha value is -1.99. The predicted octanol–water partition coefficient (Wildman–Crippen LogP) is 2.40. The van der Waals surface area contributed by atoms with Crippen LogP contribution >= 0.6 is 11.3 Å². The van der Waals surface area contributed by atoms with Crippen LogP contribution in [0.25, 0.3) is 0 Å². The maximum atomic E-state index is 13.6. The summed E-state index contributed by atoms with van der Waals surface area (Å²) in [5.74, 6) is -0.544. The molecule has 0 saturated heterocycles. The molecule has 0 amide bonds. The summed E-state index contributed by atoms with van der Waals surface area (Å²) < 4.78 is 13.6. The number of oxime groups is 1. The molecule has 0 spiro atoms. The van der Waals surface area contributed by atoms with Crippen LogP contribution in [0.1, 0.15) is 30.0 Å². The molecule has 1 aromatic heterocycles. The third-order valence-corrected chi connectivity index (χ3v) is 4.16. The molecule has 0 aliphatic carbocycles. The molecule has 0 bridgehead atoms. The molecule has 1 heterocycles. The van der Waals surface area contributed by atoms with Crippen molar-refractivity contribution in [1.29, 1.82) is 0 Å². The van der Waals surface area contributed by atoms with E-state index >= 15 is 0 Å². The number of aromatic nitrogens is 1. The van der Waals surface area contributed by atoms with Crippen molar-refractivity contribution in [3.63, 3.8) is 0 Å². The first-order chi connectivity index (χ1) is 9.92. The molecule has 2 aromatic rings. The summed E-state index contributed by atoms with van der Waals surface area (Å²) in [6.45, 7) is 4.46. The van der Waals surface area contributed by atoms with Crippen LogP contribution in [0.5, 0.6) is 0 Å². The largest absolute Gasteiger partial charge is 0.409 e. The highest BCUT2D eigenvalue weighted by Gasteiger charge is 2.22. The van der Waals surface area contributed by atoms with E-state index in [4.69, 9.17) is 10.9 Å². The van der Waals surface area contributed by atoms with Gasteiger partial charge in [0.25, 0.3) is 0 Å². The van der Waals surface area contributed by atoms with E-state index in [0.717, 1.165) is 5.01 Å². The van der Waals surface area contributed by atoms with E-state index in [1.165, 1.54) is 12.1 Å². The molecule has 0 aliphatic heterocycles. The molecule has 0 radical (unpaired) electrons. The number of thiazole rings is 1. The number of halogens is 1. The van der Waals surface area contributed by atoms with Gasteiger partial charge in [-0.05, 0) is 37.6 Å². The molecule has 4 N–H and O–H groups in total. The van der Waals surface area contributed by atoms with Gasteiger partial charge in [-0.2, -0.15) is 0 Å². The van der Waals surface area contributed by atoms with Crippen molar-refractivity contribution in [2.24, 2.45) is 10.9 Å². The summed E-state index contributed by atoms with van der Waals surface area (Å²) in [6.07, 6.45) is 1.75. The lowest BCUT2D eigenvalue weighted by Gasteiger charge is -2.24. The second-order valence-electron chi connectivity index (χ2n) is 5.15. The van der Waals surface area contributed by atoms with E-state index in [-0.39, 0.29) is 11.4 Å². The molecule has 0 unspecified atom stereocenters. The molecule has 112 valence electrons. The maximum Gasteiger partial charge on any atom is 0.170 e. The van der Waals surface area contributed by atoms with Gasteiger partial charge in [0.1, 0.15) is 10.8 Å². The lowest BCUT2D eigenvalue weighted by Crippen LogP contribution is -2.35. The first kappa shape index (κ1) is 15.4. The Bertz CT molecular complexity index is 640. The van der Waals surface area contributed by atoms with Crippen LogP contribution in [-0.2, 0) is 12.1 Å². The molecule has 7 heteroatoms. The molecule has 1 aromatic carbocycles. The zero-order valence-corrected chi connectivity index (χ0v) is 12.6. The van der Waals surface area contributed by atoms with Crippen LogP contribution in [0, 0.1) is 5.82 Å². The van der Waals surface area contributed by atoms with Crippen molar-refractivity contribution in [3.8, 4) is 0 Å². The van der Waals surface area contributed by atoms with Crippen molar-refractivity contribution in [1.82, 2.24) is 10.3 Å². The van der Waals surface area contributed by atoms with Gasteiger partial charge in [-0.3, -0.25) is 0 Å². The minimum Gasteiger partial charge on any atom is -0.409 e. The quantitative estimate of drug-likeness (QED) is 0.343. The van der Waals surface area contributed by atoms with Gasteiger partial charge in [0, 0.05) is 23.7 Å². The molecular formula is C14H17FN4OS. The number of nitrogens with zero attached hydrogens (tertiary/aromatic N) is 2. The Balaban J connectivity index is 2.15. The van der Waals surface area contributed by atoms with Gasteiger partial charge in [0.05, 0.1) is 5.54 Å². The minimum absolute atomic E-state index is 0.116. The number of hydrogen-bond donors (Lipinski definition) is 3. The Kier molecular flexibility index (Phi) is 4.54. The highest BCUT2D eigenvalue weighted by Crippen LogP contribution is 2.22. The standard InChI is InChI=1S/C14H17FN4OS/c1-14(2,13-17-3-4-21-13)18-8-9-5-10(12(16)19-20)7-11(15)6-9/h3-7,18,20H,8H2,1-2H3,(H2,16,19). The molecule has 0 fully saturated rings. The molecule has 0 saturated carbocycles. The normalized spacial score (nSPS) is 12.6. The van der Waals surface area contributed by atoms with Gasteiger partial charge in [-0.25, -0.2) is 9.37 Å². The summed E-state index contributed by atoms with van der Waals surface area (Å²) in [6, 6.07) is 4.33. The third kappa shape index (κ3) is 3.77. The number of nitrogens with two attached hydrogens (primary N) is 1. The van der Waals surface area contributed by atoms with Crippen molar-refractivity contribution in [2.45, 2.75) is 25.9 Å². The number of amidine groups is 1. The van der Waals surface area contributed by atoms with Gasteiger partial charge in [0.15, 0.2) is 5.84 Å². The highest BCUT2D eigenvalue weighted by atomic mass is 32.1. The number of hydrogen-bond acceptors (Lipinski definition) is 5. The fraction of sp³-hybridized carbons (Fsp3) is 0.286. The van der Waals surface area contributed by atoms with Crippen molar-refractivity contribution in [3.05, 3.63) is 51.7 Å². The second-order valence-corrected chi connectivity index (χ2v) is 6.04. The van der Waals surface area contributed by atoms with Crippen LogP contribution in [-0.4, -0.2) is 16.0 Å². The van der Waals surface area contributed by atoms with E-state index in [0.29, 0.717) is 17.7 Å². The fourth-order valence-electron chi connectivity index (χ4n) is 1.89. The summed E-state index contributed by atoms with van der Waals surface area (Å²) >= 11 is 1.56. The minimum atomic E-state index is -0.428. The zero-order valence-electron chi connectivity index (χ0n) is 11.8. The Labute approximate surface area is 126 Å². The van der Waals surface area contributed by atoms with E-state index in [1.54, 1.807) is 23.6 Å². The number of rotatable bonds is 5. The molecule has 0 atom stereocenters. The fourth-order valence-corrected chi connectivity index (χ4v) is 2.63. The molecular weight excluding hydrogens is 291 g/mol. The highest BCUT2D eigenvalue weighted by molar-refractivity contribution is 7.09. The molecule has 0 aliphatic rings. The number of benzene rings is 1. The van der Waals surface area contributed by atoms with E-state index < -0.39 is 5.82 Å². The van der Waals surface area contributed by atoms with Crippen molar-refractivity contribution in [2.75, 3.05) is 0 Å². The zero-order chi connectivity index (χ0) is 15.5. The van der Waals surface area contributed by atoms with Crippen molar-refractivity contribution < 1.29 is 9.60 Å². The van der Waals surface area contributed by atoms with Crippen LogP contribution in [0.15, 0.2) is 34.9 Å². The lowest BCUT2D eigenvalue weighted by molar-refractivity contribution is 0.318. The summed E-state index contributed by atoms with van der Waals surface area (Å²) in [5, 5.41) is 17.8. The predicted molar refractivity (Wildman–Crippen MR) is 80.9 cm³/mol. The van der Waals surface area contributed by atoms with E-state index in [1.807, 2.05) is 19.2 Å². The van der Waals surface area contributed by atoms with Gasteiger partial charge in [-0.15, -0.1) is 11.3 Å².